The number of nitrogens with one attached hydrogen (secondary N) is 1. The monoisotopic (exact) mass is 374 g/mol. The molecule has 0 atom stereocenters. The molecule has 136 valence electrons. The van der Waals surface area contributed by atoms with Gasteiger partial charge >= 0.3 is 0 Å². The summed E-state index contributed by atoms with van der Waals surface area (Å²) in [6, 6.07) is 11.5. The molecule has 0 aliphatic carbocycles. The van der Waals surface area contributed by atoms with E-state index < -0.39 is 0 Å². The summed E-state index contributed by atoms with van der Waals surface area (Å²) in [5.41, 5.74) is 3.00. The van der Waals surface area contributed by atoms with Crippen molar-refractivity contribution in [3.8, 4) is 0 Å². The Bertz CT molecular complexity index is 815. The largest absolute Gasteiger partial charge is 0.378 e. The fourth-order valence-corrected chi connectivity index (χ4v) is 3.18. The Kier molecular flexibility index (Phi) is 5.91. The number of amides is 1. The highest BCUT2D eigenvalue weighted by Crippen LogP contribution is 2.34. The van der Waals surface area contributed by atoms with Crippen molar-refractivity contribution < 1.29 is 13.9 Å². The number of allylic oxidation sites excluding steroid dienone is 1. The van der Waals surface area contributed by atoms with Crippen LogP contribution in [0.4, 0.5) is 15.8 Å². The van der Waals surface area contributed by atoms with E-state index in [9.17, 15) is 9.18 Å². The van der Waals surface area contributed by atoms with Crippen molar-refractivity contribution in [3.05, 3.63) is 64.9 Å². The molecular formula is C20H20ClFN2O2. The van der Waals surface area contributed by atoms with E-state index >= 15 is 0 Å². The smallest absolute Gasteiger partial charge is 0.248 e. The van der Waals surface area contributed by atoms with E-state index in [2.05, 4.69) is 10.2 Å². The van der Waals surface area contributed by atoms with Crippen LogP contribution in [-0.2, 0) is 9.53 Å². The van der Waals surface area contributed by atoms with Gasteiger partial charge in [-0.15, -0.1) is 0 Å². The SMILES string of the molecule is C/C(=C\C(=O)Nc1cccc(Cl)c1N1CCOCC1)c1ccc(F)cc1. The van der Waals surface area contributed by atoms with Gasteiger partial charge in [0.05, 0.1) is 29.6 Å². The zero-order valence-corrected chi connectivity index (χ0v) is 15.2. The van der Waals surface area contributed by atoms with E-state index in [1.807, 2.05) is 19.1 Å². The number of ether oxygens (including phenoxy) is 1. The van der Waals surface area contributed by atoms with E-state index in [1.165, 1.54) is 18.2 Å². The van der Waals surface area contributed by atoms with E-state index in [0.29, 0.717) is 23.9 Å². The lowest BCUT2D eigenvalue weighted by Gasteiger charge is -2.31. The van der Waals surface area contributed by atoms with Gasteiger partial charge < -0.3 is 15.0 Å². The highest BCUT2D eigenvalue weighted by molar-refractivity contribution is 6.34. The summed E-state index contributed by atoms with van der Waals surface area (Å²) in [7, 11) is 0. The molecule has 2 aromatic rings. The Morgan fingerprint density at radius 2 is 1.88 bits per heavy atom. The van der Waals surface area contributed by atoms with Crippen molar-refractivity contribution in [2.45, 2.75) is 6.92 Å². The van der Waals surface area contributed by atoms with Gasteiger partial charge in [-0.2, -0.15) is 0 Å². The second-order valence-corrected chi connectivity index (χ2v) is 6.47. The first-order valence-electron chi connectivity index (χ1n) is 8.41. The summed E-state index contributed by atoms with van der Waals surface area (Å²) in [5.74, 6) is -0.566. The molecule has 0 radical (unpaired) electrons. The molecule has 3 rings (SSSR count). The predicted molar refractivity (Wildman–Crippen MR) is 103 cm³/mol. The molecule has 1 aliphatic rings. The molecule has 1 heterocycles. The zero-order valence-electron chi connectivity index (χ0n) is 14.5. The first-order valence-corrected chi connectivity index (χ1v) is 8.79. The summed E-state index contributed by atoms with van der Waals surface area (Å²) in [5, 5.41) is 3.49. The highest BCUT2D eigenvalue weighted by atomic mass is 35.5. The standard InChI is InChI=1S/C20H20ClFN2O2/c1-14(15-5-7-16(22)8-6-15)13-19(25)23-18-4-2-3-17(21)20(18)24-9-11-26-12-10-24/h2-8,13H,9-12H2,1H3,(H,23,25)/b14-13+. The van der Waals surface area contributed by atoms with Gasteiger partial charge in [0.2, 0.25) is 5.91 Å². The number of hydrogen-bond acceptors (Lipinski definition) is 3. The molecule has 1 amide bonds. The van der Waals surface area contributed by atoms with Crippen molar-refractivity contribution in [2.75, 3.05) is 36.5 Å². The Morgan fingerprint density at radius 1 is 1.19 bits per heavy atom. The van der Waals surface area contributed by atoms with Crippen LogP contribution >= 0.6 is 11.6 Å². The number of halogens is 2. The lowest BCUT2D eigenvalue weighted by atomic mass is 10.1. The van der Waals surface area contributed by atoms with Gasteiger partial charge in [-0.3, -0.25) is 4.79 Å². The Labute approximate surface area is 157 Å². The molecule has 1 N–H and O–H groups in total. The maximum Gasteiger partial charge on any atom is 0.248 e. The summed E-state index contributed by atoms with van der Waals surface area (Å²) in [4.78, 5) is 14.6. The highest BCUT2D eigenvalue weighted by Gasteiger charge is 2.18. The number of para-hydroxylation sites is 1. The maximum atomic E-state index is 13.0. The Morgan fingerprint density at radius 3 is 2.58 bits per heavy atom. The van der Waals surface area contributed by atoms with Crippen LogP contribution in [0.5, 0.6) is 0 Å². The molecule has 0 spiro atoms. The molecule has 26 heavy (non-hydrogen) atoms. The van der Waals surface area contributed by atoms with Gasteiger partial charge in [-0.25, -0.2) is 4.39 Å². The number of carbonyl (C=O) groups is 1. The first kappa shape index (κ1) is 18.4. The summed E-state index contributed by atoms with van der Waals surface area (Å²) < 4.78 is 18.4. The number of nitrogens with zero attached hydrogens (tertiary/aromatic N) is 1. The Hall–Kier alpha value is -2.37. The first-order chi connectivity index (χ1) is 12.5. The van der Waals surface area contributed by atoms with Gasteiger partial charge in [0.25, 0.3) is 0 Å². The minimum absolute atomic E-state index is 0.261. The molecule has 4 nitrogen and oxygen atoms in total. The van der Waals surface area contributed by atoms with Crippen LogP contribution in [0, 0.1) is 5.82 Å². The van der Waals surface area contributed by atoms with Gasteiger partial charge in [0.1, 0.15) is 5.82 Å². The molecule has 0 unspecified atom stereocenters. The van der Waals surface area contributed by atoms with Gasteiger partial charge in [0, 0.05) is 19.2 Å². The van der Waals surface area contributed by atoms with Crippen LogP contribution in [-0.4, -0.2) is 32.2 Å². The van der Waals surface area contributed by atoms with Crippen LogP contribution in [0.1, 0.15) is 12.5 Å². The molecule has 2 aromatic carbocycles. The number of morpholine rings is 1. The fourth-order valence-electron chi connectivity index (χ4n) is 2.89. The number of anilines is 2. The summed E-state index contributed by atoms with van der Waals surface area (Å²) in [6.07, 6.45) is 1.50. The van der Waals surface area contributed by atoms with Crippen LogP contribution in [0.3, 0.4) is 0 Å². The third-order valence-corrected chi connectivity index (χ3v) is 4.52. The molecule has 0 bridgehead atoms. The van der Waals surface area contributed by atoms with Crippen molar-refractivity contribution in [3.63, 3.8) is 0 Å². The molecule has 1 saturated heterocycles. The summed E-state index contributed by atoms with van der Waals surface area (Å²) in [6.45, 7) is 4.51. The van der Waals surface area contributed by atoms with Crippen LogP contribution in [0.25, 0.3) is 5.57 Å². The number of rotatable bonds is 4. The van der Waals surface area contributed by atoms with Crippen LogP contribution in [0.2, 0.25) is 5.02 Å². The molecular weight excluding hydrogens is 355 g/mol. The van der Waals surface area contributed by atoms with Crippen LogP contribution in [0.15, 0.2) is 48.5 Å². The third kappa shape index (κ3) is 4.42. The van der Waals surface area contributed by atoms with Crippen molar-refractivity contribution in [2.24, 2.45) is 0 Å². The Balaban J connectivity index is 1.80. The second kappa shape index (κ2) is 8.34. The van der Waals surface area contributed by atoms with E-state index in [0.717, 1.165) is 29.9 Å². The van der Waals surface area contributed by atoms with Gasteiger partial charge in [-0.05, 0) is 42.3 Å². The molecule has 0 saturated carbocycles. The maximum absolute atomic E-state index is 13.0. The number of benzene rings is 2. The van der Waals surface area contributed by atoms with E-state index in [1.54, 1.807) is 18.2 Å². The van der Waals surface area contributed by atoms with Crippen molar-refractivity contribution in [1.29, 1.82) is 0 Å². The van der Waals surface area contributed by atoms with Crippen molar-refractivity contribution in [1.82, 2.24) is 0 Å². The van der Waals surface area contributed by atoms with Crippen molar-refractivity contribution >= 4 is 34.5 Å². The quantitative estimate of drug-likeness (QED) is 0.808. The third-order valence-electron chi connectivity index (χ3n) is 4.22. The van der Waals surface area contributed by atoms with Crippen LogP contribution < -0.4 is 10.2 Å². The molecule has 0 aromatic heterocycles. The van der Waals surface area contributed by atoms with Gasteiger partial charge in [0.15, 0.2) is 0 Å². The number of hydrogen-bond donors (Lipinski definition) is 1. The lowest BCUT2D eigenvalue weighted by Crippen LogP contribution is -2.37. The minimum Gasteiger partial charge on any atom is -0.378 e. The molecule has 1 fully saturated rings. The summed E-state index contributed by atoms with van der Waals surface area (Å²) >= 11 is 6.38. The topological polar surface area (TPSA) is 41.6 Å². The zero-order chi connectivity index (χ0) is 18.5. The predicted octanol–water partition coefficient (Wildman–Crippen LogP) is 4.36. The normalized spacial score (nSPS) is 15.0. The fraction of sp³-hybridized carbons (Fsp3) is 0.250. The second-order valence-electron chi connectivity index (χ2n) is 6.06. The average molecular weight is 375 g/mol. The lowest BCUT2D eigenvalue weighted by molar-refractivity contribution is -0.111. The van der Waals surface area contributed by atoms with Gasteiger partial charge in [-0.1, -0.05) is 29.8 Å². The average Bonchev–Trinajstić information content (AvgIpc) is 2.63. The minimum atomic E-state index is -0.305. The molecule has 6 heteroatoms. The van der Waals surface area contributed by atoms with E-state index in [4.69, 9.17) is 16.3 Å². The number of carbonyl (C=O) groups excluding carboxylic acids is 1. The molecule has 1 aliphatic heterocycles. The van der Waals surface area contributed by atoms with E-state index in [-0.39, 0.29) is 11.7 Å².